The van der Waals surface area contributed by atoms with Crippen molar-refractivity contribution in [1.29, 1.82) is 0 Å². The van der Waals surface area contributed by atoms with Crippen LogP contribution in [-0.4, -0.2) is 18.2 Å². The predicted molar refractivity (Wildman–Crippen MR) is 185 cm³/mol. The Balaban J connectivity index is 1.58. The molecule has 0 bridgehead atoms. The highest BCUT2D eigenvalue weighted by Gasteiger charge is 2.35. The Morgan fingerprint density at radius 1 is 0.651 bits per heavy atom. The van der Waals surface area contributed by atoms with Crippen molar-refractivity contribution >= 4 is 34.0 Å². The zero-order valence-electron chi connectivity index (χ0n) is 27.1. The summed E-state index contributed by atoms with van der Waals surface area (Å²) in [6, 6.07) is 22.3. The molecule has 222 valence electrons. The van der Waals surface area contributed by atoms with Gasteiger partial charge in [-0.3, -0.25) is 4.98 Å². The second-order valence-electron chi connectivity index (χ2n) is 13.4. The highest BCUT2D eigenvalue weighted by Crippen LogP contribution is 2.44. The molecule has 0 radical (unpaired) electrons. The topological polar surface area (TPSA) is 31.4 Å². The number of benzene rings is 3. The van der Waals surface area contributed by atoms with Crippen LogP contribution in [0.25, 0.3) is 17.0 Å². The summed E-state index contributed by atoms with van der Waals surface area (Å²) in [5.74, 6) is 1.69. The van der Waals surface area contributed by atoms with E-state index in [4.69, 9.17) is 4.98 Å². The van der Waals surface area contributed by atoms with Crippen LogP contribution >= 0.6 is 0 Å². The van der Waals surface area contributed by atoms with Gasteiger partial charge in [0.15, 0.2) is 0 Å². The lowest BCUT2D eigenvalue weighted by molar-refractivity contribution is 0.799. The van der Waals surface area contributed by atoms with Gasteiger partial charge in [0, 0.05) is 28.5 Å². The first-order valence-corrected chi connectivity index (χ1v) is 16.0. The third-order valence-corrected chi connectivity index (χ3v) is 9.06. The fourth-order valence-corrected chi connectivity index (χ4v) is 6.81. The Bertz CT molecular complexity index is 1670. The van der Waals surface area contributed by atoms with E-state index in [1.807, 2.05) is 12.3 Å². The van der Waals surface area contributed by atoms with Crippen LogP contribution in [0.15, 0.2) is 84.3 Å². The van der Waals surface area contributed by atoms with E-state index in [1.165, 1.54) is 44.9 Å². The van der Waals surface area contributed by atoms with E-state index in [2.05, 4.69) is 137 Å². The molecule has 3 aromatic carbocycles. The van der Waals surface area contributed by atoms with Gasteiger partial charge >= 0.3 is 0 Å². The SMILES string of the molecule is CC(C)c1cccc(C(C)C)c1N1CC(=C2C=Cc3ccc4cccnc4c3N2)N(c2c(C(C)C)cccc2C(C)C)C1. The first kappa shape index (κ1) is 29.0. The molecule has 6 rings (SSSR count). The number of allylic oxidation sites excluding steroid dienone is 1. The number of nitrogens with one attached hydrogen (secondary N) is 1. The smallest absolute Gasteiger partial charge is 0.0954 e. The Labute approximate surface area is 258 Å². The minimum absolute atomic E-state index is 0.409. The van der Waals surface area contributed by atoms with Crippen molar-refractivity contribution in [2.45, 2.75) is 79.1 Å². The van der Waals surface area contributed by atoms with E-state index in [9.17, 15) is 0 Å². The average molecular weight is 571 g/mol. The van der Waals surface area contributed by atoms with Crippen molar-refractivity contribution in [3.63, 3.8) is 0 Å². The van der Waals surface area contributed by atoms with Crippen molar-refractivity contribution < 1.29 is 0 Å². The van der Waals surface area contributed by atoms with Gasteiger partial charge in [-0.25, -0.2) is 0 Å². The van der Waals surface area contributed by atoms with Crippen LogP contribution in [0.3, 0.4) is 0 Å². The summed E-state index contributed by atoms with van der Waals surface area (Å²) in [5, 5.41) is 5.04. The zero-order chi connectivity index (χ0) is 30.4. The number of pyridine rings is 1. The first-order chi connectivity index (χ1) is 20.7. The molecule has 4 nitrogen and oxygen atoms in total. The highest BCUT2D eigenvalue weighted by atomic mass is 15.4. The largest absolute Gasteiger partial charge is 0.352 e. The van der Waals surface area contributed by atoms with E-state index in [0.29, 0.717) is 23.7 Å². The Kier molecular flexibility index (Phi) is 7.81. The van der Waals surface area contributed by atoms with Gasteiger partial charge in [-0.15, -0.1) is 0 Å². The molecule has 1 N–H and O–H groups in total. The molecule has 0 saturated carbocycles. The monoisotopic (exact) mass is 570 g/mol. The summed E-state index contributed by atoms with van der Waals surface area (Å²) in [4.78, 5) is 10.0. The second kappa shape index (κ2) is 11.6. The fraction of sp³-hybridized carbons (Fsp3) is 0.359. The molecule has 2 aliphatic rings. The van der Waals surface area contributed by atoms with Gasteiger partial charge in [0.25, 0.3) is 0 Å². The van der Waals surface area contributed by atoms with E-state index in [-0.39, 0.29) is 0 Å². The van der Waals surface area contributed by atoms with Crippen molar-refractivity contribution in [2.24, 2.45) is 0 Å². The highest BCUT2D eigenvalue weighted by molar-refractivity contribution is 5.97. The van der Waals surface area contributed by atoms with E-state index < -0.39 is 0 Å². The van der Waals surface area contributed by atoms with E-state index >= 15 is 0 Å². The quantitative estimate of drug-likeness (QED) is 0.250. The number of aromatic nitrogens is 1. The maximum absolute atomic E-state index is 4.79. The molecule has 4 aromatic rings. The molecular formula is C39H46N4. The average Bonchev–Trinajstić information content (AvgIpc) is 3.44. The fourth-order valence-electron chi connectivity index (χ4n) is 6.81. The van der Waals surface area contributed by atoms with Gasteiger partial charge in [-0.1, -0.05) is 116 Å². The molecule has 1 fully saturated rings. The van der Waals surface area contributed by atoms with Crippen LogP contribution in [-0.2, 0) is 0 Å². The molecule has 0 atom stereocenters. The Morgan fingerprint density at radius 3 is 1.81 bits per heavy atom. The van der Waals surface area contributed by atoms with Crippen molar-refractivity contribution in [1.82, 2.24) is 4.98 Å². The van der Waals surface area contributed by atoms with Crippen molar-refractivity contribution in [2.75, 3.05) is 28.3 Å². The number of fused-ring (bicyclic) bond motifs is 3. The predicted octanol–water partition coefficient (Wildman–Crippen LogP) is 10.4. The molecule has 0 amide bonds. The number of hydrogen-bond donors (Lipinski definition) is 1. The molecule has 0 spiro atoms. The van der Waals surface area contributed by atoms with Crippen molar-refractivity contribution in [3.8, 4) is 0 Å². The van der Waals surface area contributed by atoms with E-state index in [1.54, 1.807) is 0 Å². The molecule has 0 aliphatic carbocycles. The lowest BCUT2D eigenvalue weighted by Crippen LogP contribution is -2.28. The molecule has 4 heteroatoms. The molecule has 2 aliphatic heterocycles. The third kappa shape index (κ3) is 5.22. The summed E-state index contributed by atoms with van der Waals surface area (Å²) in [6.07, 6.45) is 6.42. The third-order valence-electron chi connectivity index (χ3n) is 9.06. The number of para-hydroxylation sites is 2. The summed E-state index contributed by atoms with van der Waals surface area (Å²) in [7, 11) is 0. The Morgan fingerprint density at radius 2 is 1.23 bits per heavy atom. The zero-order valence-corrected chi connectivity index (χ0v) is 27.1. The van der Waals surface area contributed by atoms with Crippen LogP contribution < -0.4 is 15.1 Å². The lowest BCUT2D eigenvalue weighted by atomic mass is 9.91. The van der Waals surface area contributed by atoms with E-state index in [0.717, 1.165) is 35.5 Å². The molecule has 1 aromatic heterocycles. The summed E-state index contributed by atoms with van der Waals surface area (Å²) in [5.41, 5.74) is 14.1. The molecule has 0 unspecified atom stereocenters. The number of rotatable bonds is 6. The maximum Gasteiger partial charge on any atom is 0.0954 e. The van der Waals surface area contributed by atoms with Gasteiger partial charge in [0.05, 0.1) is 35.8 Å². The molecular weight excluding hydrogens is 524 g/mol. The summed E-state index contributed by atoms with van der Waals surface area (Å²) < 4.78 is 0. The molecule has 3 heterocycles. The first-order valence-electron chi connectivity index (χ1n) is 16.0. The van der Waals surface area contributed by atoms with Crippen LogP contribution in [0, 0.1) is 0 Å². The standard InChI is InChI=1S/C39H46N4/c1-24(2)30-13-9-14-31(25(3)4)38(30)42-22-35(43(23-42)39-32(26(5)6)15-10-16-33(39)27(7)8)34-20-19-29-18-17-28-12-11-21-40-36(28)37(29)41-34/h9-21,24-27,41H,22-23H2,1-8H3. The minimum Gasteiger partial charge on any atom is -0.352 e. The van der Waals surface area contributed by atoms with Gasteiger partial charge in [0.1, 0.15) is 0 Å². The van der Waals surface area contributed by atoms with Gasteiger partial charge in [-0.2, -0.15) is 0 Å². The number of anilines is 3. The summed E-state index contributed by atoms with van der Waals surface area (Å²) >= 11 is 0. The second-order valence-corrected chi connectivity index (χ2v) is 13.4. The normalized spacial score (nSPS) is 16.7. The Hall–Kier alpha value is -4.05. The lowest BCUT2D eigenvalue weighted by Gasteiger charge is -2.31. The van der Waals surface area contributed by atoms with Crippen LogP contribution in [0.5, 0.6) is 0 Å². The number of hydrogen-bond acceptors (Lipinski definition) is 4. The van der Waals surface area contributed by atoms with Crippen molar-refractivity contribution in [3.05, 3.63) is 112 Å². The van der Waals surface area contributed by atoms with Gasteiger partial charge < -0.3 is 15.1 Å². The van der Waals surface area contributed by atoms with Crippen LogP contribution in [0.2, 0.25) is 0 Å². The summed E-state index contributed by atoms with van der Waals surface area (Å²) in [6.45, 7) is 20.2. The number of nitrogens with zero attached hydrogens (tertiary/aromatic N) is 3. The van der Waals surface area contributed by atoms with Crippen LogP contribution in [0.4, 0.5) is 17.1 Å². The van der Waals surface area contributed by atoms with Gasteiger partial charge in [0.2, 0.25) is 0 Å². The minimum atomic E-state index is 0.409. The molecule has 43 heavy (non-hydrogen) atoms. The van der Waals surface area contributed by atoms with Crippen LogP contribution in [0.1, 0.15) is 107 Å². The molecule has 1 saturated heterocycles. The maximum atomic E-state index is 4.79. The van der Waals surface area contributed by atoms with Gasteiger partial charge in [-0.05, 0) is 58.1 Å².